The highest BCUT2D eigenvalue weighted by Crippen LogP contribution is 2.02. The number of hydrogen-bond donors (Lipinski definition) is 2. The van der Waals surface area contributed by atoms with E-state index in [1.54, 1.807) is 12.1 Å². The van der Waals surface area contributed by atoms with Crippen LogP contribution in [0, 0.1) is 5.82 Å². The van der Waals surface area contributed by atoms with Gasteiger partial charge in [0.15, 0.2) is 0 Å². The number of nitrogens with zero attached hydrogens (tertiary/aromatic N) is 1. The van der Waals surface area contributed by atoms with Crippen LogP contribution in [0.5, 0.6) is 0 Å². The Morgan fingerprint density at radius 1 is 1.11 bits per heavy atom. The average Bonchev–Trinajstić information content (AvgIpc) is 2.40. The number of aromatic carboxylic acids is 1. The quantitative estimate of drug-likeness (QED) is 0.861. The molecule has 0 bridgehead atoms. The van der Waals surface area contributed by atoms with E-state index in [4.69, 9.17) is 10.8 Å². The minimum Gasteiger partial charge on any atom is -0.478 e. The van der Waals surface area contributed by atoms with Gasteiger partial charge in [-0.25, -0.2) is 9.18 Å². The van der Waals surface area contributed by atoms with Gasteiger partial charge in [0.25, 0.3) is 0 Å². The topological polar surface area (TPSA) is 93.3 Å². The van der Waals surface area contributed by atoms with Crippen LogP contribution in [-0.2, 0) is 0 Å². The highest BCUT2D eigenvalue weighted by atomic mass is 19.1. The van der Waals surface area contributed by atoms with E-state index in [-0.39, 0.29) is 5.56 Å². The number of carboxylic acid groups (broad SMARTS) is 1. The van der Waals surface area contributed by atoms with Crippen LogP contribution in [0.3, 0.4) is 0 Å². The second-order valence-electron chi connectivity index (χ2n) is 3.42. The molecule has 0 fully saturated rings. The number of carbonyl (C=O) groups excluding carboxylic acids is 1. The highest BCUT2D eigenvalue weighted by molar-refractivity contribution is 5.92. The molecular weight excluding hydrogens is 251 g/mol. The third-order valence-corrected chi connectivity index (χ3v) is 2.04. The molecule has 5 nitrogen and oxygen atoms in total. The van der Waals surface area contributed by atoms with Crippen molar-refractivity contribution < 1.29 is 19.1 Å². The molecule has 3 N–H and O–H groups in total. The molecular formula is C13H11FN2O3. The van der Waals surface area contributed by atoms with Crippen LogP contribution < -0.4 is 5.73 Å². The fourth-order valence-electron chi connectivity index (χ4n) is 1.14. The van der Waals surface area contributed by atoms with E-state index in [0.29, 0.717) is 5.56 Å². The Kier molecular flexibility index (Phi) is 5.16. The number of primary amides is 1. The van der Waals surface area contributed by atoms with E-state index in [1.165, 1.54) is 30.6 Å². The summed E-state index contributed by atoms with van der Waals surface area (Å²) >= 11 is 0. The summed E-state index contributed by atoms with van der Waals surface area (Å²) in [6.45, 7) is 0. The number of carbonyl (C=O) groups is 2. The van der Waals surface area contributed by atoms with Gasteiger partial charge in [-0.3, -0.25) is 9.78 Å². The van der Waals surface area contributed by atoms with Gasteiger partial charge in [0.1, 0.15) is 5.82 Å². The molecule has 1 aromatic heterocycles. The van der Waals surface area contributed by atoms with Gasteiger partial charge in [-0.2, -0.15) is 0 Å². The molecule has 0 aliphatic carbocycles. The fourth-order valence-corrected chi connectivity index (χ4v) is 1.14. The van der Waals surface area contributed by atoms with Crippen LogP contribution in [0.15, 0.2) is 48.8 Å². The summed E-state index contributed by atoms with van der Waals surface area (Å²) < 4.78 is 12.3. The number of carboxylic acids is 1. The first kappa shape index (κ1) is 14.3. The molecule has 0 unspecified atom stereocenters. The molecule has 2 rings (SSSR count). The lowest BCUT2D eigenvalue weighted by atomic mass is 10.2. The van der Waals surface area contributed by atoms with Gasteiger partial charge in [-0.1, -0.05) is 6.07 Å². The van der Waals surface area contributed by atoms with E-state index in [0.717, 1.165) is 6.07 Å². The Morgan fingerprint density at radius 3 is 2.11 bits per heavy atom. The smallest absolute Gasteiger partial charge is 0.335 e. The molecule has 0 atom stereocenters. The van der Waals surface area contributed by atoms with Crippen molar-refractivity contribution in [3.63, 3.8) is 0 Å². The van der Waals surface area contributed by atoms with Crippen molar-refractivity contribution in [2.24, 2.45) is 5.73 Å². The minimum atomic E-state index is -1.11. The number of benzene rings is 1. The molecule has 1 aromatic carbocycles. The Labute approximate surface area is 108 Å². The maximum atomic E-state index is 12.3. The monoisotopic (exact) mass is 262 g/mol. The fraction of sp³-hybridized carbons (Fsp3) is 0. The molecule has 0 aliphatic rings. The van der Waals surface area contributed by atoms with Crippen molar-refractivity contribution in [2.45, 2.75) is 0 Å². The van der Waals surface area contributed by atoms with Gasteiger partial charge < -0.3 is 10.8 Å². The Balaban J connectivity index is 0.000000191. The predicted molar refractivity (Wildman–Crippen MR) is 66.1 cm³/mol. The van der Waals surface area contributed by atoms with Gasteiger partial charge >= 0.3 is 5.97 Å². The standard InChI is InChI=1S/C7H5FO2.C6H6N2O/c8-6-3-1-2-5(4-6)7(9)10;7-6(9)5-1-3-8-4-2-5/h1-4H,(H,9,10);1-4H,(H2,7,9). The highest BCUT2D eigenvalue weighted by Gasteiger charge is 2.01. The number of hydrogen-bond acceptors (Lipinski definition) is 3. The summed E-state index contributed by atoms with van der Waals surface area (Å²) in [7, 11) is 0. The van der Waals surface area contributed by atoms with Crippen molar-refractivity contribution in [1.82, 2.24) is 4.98 Å². The van der Waals surface area contributed by atoms with Gasteiger partial charge in [0, 0.05) is 18.0 Å². The average molecular weight is 262 g/mol. The van der Waals surface area contributed by atoms with E-state index in [2.05, 4.69) is 4.98 Å². The van der Waals surface area contributed by atoms with E-state index in [1.807, 2.05) is 0 Å². The minimum absolute atomic E-state index is 0.0278. The second kappa shape index (κ2) is 6.85. The normalized spacial score (nSPS) is 9.11. The number of amides is 1. The lowest BCUT2D eigenvalue weighted by molar-refractivity contribution is 0.0696. The summed E-state index contributed by atoms with van der Waals surface area (Å²) in [6, 6.07) is 8.02. The zero-order valence-electron chi connectivity index (χ0n) is 9.79. The molecule has 6 heteroatoms. The summed E-state index contributed by atoms with van der Waals surface area (Å²) in [5.74, 6) is -2.06. The third-order valence-electron chi connectivity index (χ3n) is 2.04. The lowest BCUT2D eigenvalue weighted by Crippen LogP contribution is -2.10. The first-order valence-electron chi connectivity index (χ1n) is 5.19. The molecule has 19 heavy (non-hydrogen) atoms. The van der Waals surface area contributed by atoms with Gasteiger partial charge in [0.2, 0.25) is 5.91 Å². The lowest BCUT2D eigenvalue weighted by Gasteiger charge is -1.91. The van der Waals surface area contributed by atoms with Crippen LogP contribution >= 0.6 is 0 Å². The summed E-state index contributed by atoms with van der Waals surface area (Å²) in [6.07, 6.45) is 3.06. The first-order chi connectivity index (χ1) is 9.00. The van der Waals surface area contributed by atoms with E-state index >= 15 is 0 Å². The molecule has 2 aromatic rings. The van der Waals surface area contributed by atoms with Gasteiger partial charge in [0.05, 0.1) is 5.56 Å². The maximum absolute atomic E-state index is 12.3. The zero-order chi connectivity index (χ0) is 14.3. The molecule has 0 spiro atoms. The SMILES string of the molecule is NC(=O)c1ccncc1.O=C(O)c1cccc(F)c1. The van der Waals surface area contributed by atoms with Crippen molar-refractivity contribution in [1.29, 1.82) is 0 Å². The molecule has 1 amide bonds. The molecule has 0 saturated carbocycles. The molecule has 98 valence electrons. The number of nitrogens with two attached hydrogens (primary N) is 1. The third kappa shape index (κ3) is 4.95. The maximum Gasteiger partial charge on any atom is 0.335 e. The Morgan fingerprint density at radius 2 is 1.74 bits per heavy atom. The number of rotatable bonds is 2. The van der Waals surface area contributed by atoms with Crippen molar-refractivity contribution in [3.8, 4) is 0 Å². The van der Waals surface area contributed by atoms with Crippen molar-refractivity contribution >= 4 is 11.9 Å². The number of aromatic nitrogens is 1. The van der Waals surface area contributed by atoms with E-state index in [9.17, 15) is 14.0 Å². The van der Waals surface area contributed by atoms with Crippen LogP contribution in [-0.4, -0.2) is 22.0 Å². The van der Waals surface area contributed by atoms with E-state index < -0.39 is 17.7 Å². The number of pyridine rings is 1. The van der Waals surface area contributed by atoms with Crippen LogP contribution in [0.2, 0.25) is 0 Å². The van der Waals surface area contributed by atoms with Crippen molar-refractivity contribution in [3.05, 3.63) is 65.7 Å². The van der Waals surface area contributed by atoms with Crippen LogP contribution in [0.4, 0.5) is 4.39 Å². The van der Waals surface area contributed by atoms with Crippen LogP contribution in [0.25, 0.3) is 0 Å². The molecule has 1 heterocycles. The summed E-state index contributed by atoms with van der Waals surface area (Å²) in [4.78, 5) is 24.3. The largest absolute Gasteiger partial charge is 0.478 e. The first-order valence-corrected chi connectivity index (χ1v) is 5.19. The summed E-state index contributed by atoms with van der Waals surface area (Å²) in [5.41, 5.74) is 5.41. The van der Waals surface area contributed by atoms with Gasteiger partial charge in [-0.15, -0.1) is 0 Å². The molecule has 0 radical (unpaired) electrons. The zero-order valence-corrected chi connectivity index (χ0v) is 9.79. The number of halogens is 1. The van der Waals surface area contributed by atoms with Gasteiger partial charge in [-0.05, 0) is 30.3 Å². The second-order valence-corrected chi connectivity index (χ2v) is 3.42. The summed E-state index contributed by atoms with van der Waals surface area (Å²) in [5, 5.41) is 8.34. The van der Waals surface area contributed by atoms with Crippen molar-refractivity contribution in [2.75, 3.05) is 0 Å². The Bertz CT molecular complexity index is 573. The Hall–Kier alpha value is -2.76. The molecule has 0 saturated heterocycles. The predicted octanol–water partition coefficient (Wildman–Crippen LogP) is 1.70. The van der Waals surface area contributed by atoms with Crippen LogP contribution in [0.1, 0.15) is 20.7 Å². The molecule has 0 aliphatic heterocycles.